The van der Waals surface area contributed by atoms with Gasteiger partial charge in [-0.05, 0) is 47.1 Å². The molecule has 2 aromatic rings. The van der Waals surface area contributed by atoms with Gasteiger partial charge in [0.15, 0.2) is 0 Å². The summed E-state index contributed by atoms with van der Waals surface area (Å²) in [5, 5.41) is 3.10. The van der Waals surface area contributed by atoms with Crippen molar-refractivity contribution in [2.45, 2.75) is 38.5 Å². The van der Waals surface area contributed by atoms with Crippen molar-refractivity contribution in [2.75, 3.05) is 6.54 Å². The minimum atomic E-state index is -4.38. The first kappa shape index (κ1) is 18.8. The SMILES string of the molecule is CC1C(C)C1NC(=O)N1CCc2ccccc2[C@H]1c1ccc(C(F)(F)F)cc1. The maximum absolute atomic E-state index is 13.0. The Morgan fingerprint density at radius 1 is 1.04 bits per heavy atom. The normalized spacial score (nSPS) is 26.5. The van der Waals surface area contributed by atoms with Crippen molar-refractivity contribution in [3.63, 3.8) is 0 Å². The summed E-state index contributed by atoms with van der Waals surface area (Å²) in [6.07, 6.45) is -3.64. The highest BCUT2D eigenvalue weighted by Gasteiger charge is 2.45. The van der Waals surface area contributed by atoms with Crippen LogP contribution in [-0.4, -0.2) is 23.5 Å². The van der Waals surface area contributed by atoms with Crippen LogP contribution in [0.3, 0.4) is 0 Å². The molecule has 2 unspecified atom stereocenters. The Hall–Kier alpha value is -2.50. The summed E-state index contributed by atoms with van der Waals surface area (Å²) >= 11 is 0. The van der Waals surface area contributed by atoms with E-state index in [0.29, 0.717) is 23.9 Å². The number of nitrogens with one attached hydrogen (secondary N) is 1. The fourth-order valence-corrected chi connectivity index (χ4v) is 4.15. The second kappa shape index (κ2) is 6.83. The summed E-state index contributed by atoms with van der Waals surface area (Å²) in [4.78, 5) is 14.7. The van der Waals surface area contributed by atoms with Crippen LogP contribution in [0.15, 0.2) is 48.5 Å². The Kier molecular flexibility index (Phi) is 4.60. The molecule has 1 saturated carbocycles. The molecule has 1 aliphatic carbocycles. The first-order valence-electron chi connectivity index (χ1n) is 9.59. The van der Waals surface area contributed by atoms with Crippen LogP contribution in [-0.2, 0) is 12.6 Å². The van der Waals surface area contributed by atoms with Crippen molar-refractivity contribution >= 4 is 6.03 Å². The van der Waals surface area contributed by atoms with Crippen molar-refractivity contribution < 1.29 is 18.0 Å². The number of urea groups is 1. The highest BCUT2D eigenvalue weighted by Crippen LogP contribution is 2.40. The average Bonchev–Trinajstić information content (AvgIpc) is 3.24. The van der Waals surface area contributed by atoms with Crippen molar-refractivity contribution in [1.82, 2.24) is 10.2 Å². The molecule has 3 nitrogen and oxygen atoms in total. The van der Waals surface area contributed by atoms with E-state index in [2.05, 4.69) is 19.2 Å². The van der Waals surface area contributed by atoms with Gasteiger partial charge in [-0.2, -0.15) is 13.2 Å². The van der Waals surface area contributed by atoms with Crippen LogP contribution in [0.4, 0.5) is 18.0 Å². The second-order valence-electron chi connectivity index (χ2n) is 7.86. The molecule has 1 fully saturated rings. The minimum Gasteiger partial charge on any atom is -0.335 e. The molecule has 2 amide bonds. The number of carbonyl (C=O) groups is 1. The van der Waals surface area contributed by atoms with Gasteiger partial charge in [-0.3, -0.25) is 0 Å². The summed E-state index contributed by atoms with van der Waals surface area (Å²) in [6.45, 7) is 4.74. The van der Waals surface area contributed by atoms with Crippen LogP contribution in [0, 0.1) is 11.8 Å². The molecule has 2 aromatic carbocycles. The number of rotatable bonds is 2. The molecular formula is C22H23F3N2O. The lowest BCUT2D eigenvalue weighted by atomic mass is 9.88. The molecule has 0 saturated heterocycles. The van der Waals surface area contributed by atoms with E-state index in [1.54, 1.807) is 4.90 Å². The van der Waals surface area contributed by atoms with Crippen molar-refractivity contribution in [3.05, 3.63) is 70.8 Å². The Bertz CT molecular complexity index is 870. The van der Waals surface area contributed by atoms with E-state index in [-0.39, 0.29) is 12.1 Å². The van der Waals surface area contributed by atoms with Crippen LogP contribution in [0.1, 0.15) is 42.1 Å². The molecule has 2 aliphatic rings. The smallest absolute Gasteiger partial charge is 0.335 e. The third kappa shape index (κ3) is 3.36. The minimum absolute atomic E-state index is 0.152. The topological polar surface area (TPSA) is 32.3 Å². The van der Waals surface area contributed by atoms with E-state index in [1.165, 1.54) is 12.1 Å². The largest absolute Gasteiger partial charge is 0.416 e. The molecule has 3 atom stereocenters. The van der Waals surface area contributed by atoms with E-state index >= 15 is 0 Å². The Balaban J connectivity index is 1.67. The van der Waals surface area contributed by atoms with E-state index in [1.807, 2.05) is 24.3 Å². The van der Waals surface area contributed by atoms with Crippen LogP contribution in [0.25, 0.3) is 0 Å². The molecule has 4 rings (SSSR count). The monoisotopic (exact) mass is 388 g/mol. The first-order valence-corrected chi connectivity index (χ1v) is 9.59. The fourth-order valence-electron chi connectivity index (χ4n) is 4.15. The highest BCUT2D eigenvalue weighted by atomic mass is 19.4. The van der Waals surface area contributed by atoms with Gasteiger partial charge in [0.1, 0.15) is 0 Å². The predicted molar refractivity (Wildman–Crippen MR) is 101 cm³/mol. The van der Waals surface area contributed by atoms with Crippen molar-refractivity contribution in [3.8, 4) is 0 Å². The molecule has 0 spiro atoms. The Labute approximate surface area is 162 Å². The van der Waals surface area contributed by atoms with Crippen LogP contribution in [0.5, 0.6) is 0 Å². The average molecular weight is 388 g/mol. The number of halogens is 3. The molecule has 6 heteroatoms. The summed E-state index contributed by atoms with van der Waals surface area (Å²) in [5.41, 5.74) is 2.11. The number of nitrogens with zero attached hydrogens (tertiary/aromatic N) is 1. The number of hydrogen-bond acceptors (Lipinski definition) is 1. The van der Waals surface area contributed by atoms with Gasteiger partial charge in [-0.25, -0.2) is 4.79 Å². The van der Waals surface area contributed by atoms with Crippen LogP contribution in [0.2, 0.25) is 0 Å². The van der Waals surface area contributed by atoms with Gasteiger partial charge in [-0.1, -0.05) is 50.2 Å². The maximum atomic E-state index is 13.0. The number of hydrogen-bond donors (Lipinski definition) is 1. The number of fused-ring (bicyclic) bond motifs is 1. The molecule has 0 aromatic heterocycles. The predicted octanol–water partition coefficient (Wildman–Crippen LogP) is 5.02. The molecule has 0 bridgehead atoms. The molecule has 1 heterocycles. The van der Waals surface area contributed by atoms with E-state index < -0.39 is 17.8 Å². The summed E-state index contributed by atoms with van der Waals surface area (Å²) in [5.74, 6) is 0.899. The molecule has 1 N–H and O–H groups in total. The van der Waals surface area contributed by atoms with Gasteiger partial charge in [-0.15, -0.1) is 0 Å². The second-order valence-corrected chi connectivity index (χ2v) is 7.86. The van der Waals surface area contributed by atoms with Gasteiger partial charge >= 0.3 is 12.2 Å². The van der Waals surface area contributed by atoms with Crippen LogP contribution >= 0.6 is 0 Å². The summed E-state index contributed by atoms with van der Waals surface area (Å²) in [6, 6.07) is 12.6. The quantitative estimate of drug-likeness (QED) is 0.770. The number of amides is 2. The van der Waals surface area contributed by atoms with Crippen LogP contribution < -0.4 is 5.32 Å². The standard InChI is InChI=1S/C22H23F3N2O/c1-13-14(2)19(13)26-21(28)27-12-11-15-5-3-4-6-18(15)20(27)16-7-9-17(10-8-16)22(23,24)25/h3-10,13-14,19-20H,11-12H2,1-2H3,(H,26,28)/t13?,14?,19?,20-/m1/s1. The number of carbonyl (C=O) groups excluding carboxylic acids is 1. The van der Waals surface area contributed by atoms with Gasteiger partial charge in [0, 0.05) is 12.6 Å². The Morgan fingerprint density at radius 3 is 2.29 bits per heavy atom. The first-order chi connectivity index (χ1) is 13.3. The van der Waals surface area contributed by atoms with Gasteiger partial charge in [0.2, 0.25) is 0 Å². The van der Waals surface area contributed by atoms with Gasteiger partial charge in [0.05, 0.1) is 11.6 Å². The Morgan fingerprint density at radius 2 is 1.68 bits per heavy atom. The maximum Gasteiger partial charge on any atom is 0.416 e. The lowest BCUT2D eigenvalue weighted by molar-refractivity contribution is -0.137. The third-order valence-corrected chi connectivity index (χ3v) is 6.21. The lowest BCUT2D eigenvalue weighted by Gasteiger charge is -2.38. The van der Waals surface area contributed by atoms with E-state index in [4.69, 9.17) is 0 Å². The molecular weight excluding hydrogens is 365 g/mol. The highest BCUT2D eigenvalue weighted by molar-refractivity contribution is 5.77. The lowest BCUT2D eigenvalue weighted by Crippen LogP contribution is -2.47. The van der Waals surface area contributed by atoms with E-state index in [9.17, 15) is 18.0 Å². The molecule has 148 valence electrons. The zero-order valence-electron chi connectivity index (χ0n) is 15.8. The summed E-state index contributed by atoms with van der Waals surface area (Å²) in [7, 11) is 0. The van der Waals surface area contributed by atoms with Gasteiger partial charge in [0.25, 0.3) is 0 Å². The molecule has 0 radical (unpaired) electrons. The van der Waals surface area contributed by atoms with E-state index in [0.717, 1.165) is 29.7 Å². The zero-order valence-corrected chi connectivity index (χ0v) is 15.8. The number of alkyl halides is 3. The van der Waals surface area contributed by atoms with Gasteiger partial charge < -0.3 is 10.2 Å². The fraction of sp³-hybridized carbons (Fsp3) is 0.409. The number of benzene rings is 2. The summed E-state index contributed by atoms with van der Waals surface area (Å²) < 4.78 is 38.9. The van der Waals surface area contributed by atoms with Crippen molar-refractivity contribution in [1.29, 1.82) is 0 Å². The third-order valence-electron chi connectivity index (χ3n) is 6.21. The van der Waals surface area contributed by atoms with Crippen molar-refractivity contribution in [2.24, 2.45) is 11.8 Å². The molecule has 28 heavy (non-hydrogen) atoms. The zero-order chi connectivity index (χ0) is 20.1. The molecule has 1 aliphatic heterocycles.